The van der Waals surface area contributed by atoms with Gasteiger partial charge in [-0.15, -0.1) is 11.8 Å². The fourth-order valence-corrected chi connectivity index (χ4v) is 3.12. The molecule has 0 aromatic carbocycles. The second-order valence-electron chi connectivity index (χ2n) is 5.32. The van der Waals surface area contributed by atoms with Gasteiger partial charge in [-0.3, -0.25) is 0 Å². The first-order chi connectivity index (χ1) is 9.36. The van der Waals surface area contributed by atoms with Gasteiger partial charge in [0.05, 0.1) is 6.54 Å². The smallest absolute Gasteiger partial charge is 0.244 e. The van der Waals surface area contributed by atoms with Gasteiger partial charge in [-0.05, 0) is 25.0 Å². The molecule has 20 heavy (non-hydrogen) atoms. The molecule has 1 aromatic heterocycles. The molecular weight excluding hydrogens is 288 g/mol. The van der Waals surface area contributed by atoms with Crippen LogP contribution in [0.15, 0.2) is 18.7 Å². The Balaban J connectivity index is 0.00000361. The lowest BCUT2D eigenvalue weighted by Gasteiger charge is -1.99. The molecule has 1 rings (SSSR count). The summed E-state index contributed by atoms with van der Waals surface area (Å²) in [4.78, 5) is 0. The summed E-state index contributed by atoms with van der Waals surface area (Å²) < 4.78 is 4.64. The van der Waals surface area contributed by atoms with Gasteiger partial charge < -0.3 is 12.4 Å². The zero-order valence-corrected chi connectivity index (χ0v) is 14.8. The van der Waals surface area contributed by atoms with E-state index in [9.17, 15) is 0 Å². The van der Waals surface area contributed by atoms with E-state index < -0.39 is 0 Å². The van der Waals surface area contributed by atoms with Gasteiger partial charge in [0.15, 0.2) is 0 Å². The van der Waals surface area contributed by atoms with Gasteiger partial charge in [-0.1, -0.05) is 46.0 Å². The second-order valence-corrected chi connectivity index (χ2v) is 6.40. The van der Waals surface area contributed by atoms with Crippen molar-refractivity contribution in [3.05, 3.63) is 18.7 Å². The molecule has 1 aromatic rings. The van der Waals surface area contributed by atoms with Gasteiger partial charge in [0, 0.05) is 0 Å². The maximum Gasteiger partial charge on any atom is 0.244 e. The molecule has 0 atom stereocenters. The van der Waals surface area contributed by atoms with E-state index in [0.29, 0.717) is 0 Å². The minimum atomic E-state index is 0. The highest BCUT2D eigenvalue weighted by Gasteiger charge is 2.03. The van der Waals surface area contributed by atoms with Crippen LogP contribution in [0.3, 0.4) is 0 Å². The Kier molecular flexibility index (Phi) is 13.7. The van der Waals surface area contributed by atoms with Crippen molar-refractivity contribution in [2.45, 2.75) is 77.6 Å². The number of aromatic nitrogens is 2. The maximum atomic E-state index is 2.33. The van der Waals surface area contributed by atoms with Crippen molar-refractivity contribution in [3.63, 3.8) is 0 Å². The highest BCUT2D eigenvalue weighted by Crippen LogP contribution is 2.06. The molecule has 0 radical (unpaired) electrons. The Morgan fingerprint density at radius 2 is 1.65 bits per heavy atom. The molecule has 0 N–H and O–H groups in total. The van der Waals surface area contributed by atoms with Gasteiger partial charge in [0.1, 0.15) is 18.3 Å². The van der Waals surface area contributed by atoms with Crippen LogP contribution in [0.25, 0.3) is 0 Å². The van der Waals surface area contributed by atoms with Crippen molar-refractivity contribution < 1.29 is 17.0 Å². The molecule has 2 nitrogen and oxygen atoms in total. The van der Waals surface area contributed by atoms with Gasteiger partial charge >= 0.3 is 0 Å². The molecule has 1 heterocycles. The number of hydrogen-bond acceptors (Lipinski definition) is 1. The monoisotopic (exact) mass is 318 g/mol. The third-order valence-corrected chi connectivity index (χ3v) is 4.46. The summed E-state index contributed by atoms with van der Waals surface area (Å²) in [5.74, 6) is 2.38. The molecule has 0 saturated heterocycles. The molecule has 0 spiro atoms. The standard InChI is InChI=1S/C16H31N2S.ClH/c1-3-5-7-8-9-10-11-17-12-13-18(15-17)16-19-14-6-4-2;/h12-13,15H,3-11,14,16H2,1-2H3;1H/q+1;/p-1. The van der Waals surface area contributed by atoms with Gasteiger partial charge in [0.2, 0.25) is 6.33 Å². The summed E-state index contributed by atoms with van der Waals surface area (Å²) in [6, 6.07) is 0. The van der Waals surface area contributed by atoms with Crippen molar-refractivity contribution in [1.29, 1.82) is 0 Å². The summed E-state index contributed by atoms with van der Waals surface area (Å²) in [5.41, 5.74) is 0. The summed E-state index contributed by atoms with van der Waals surface area (Å²) in [5, 5.41) is 0. The Morgan fingerprint density at radius 3 is 2.40 bits per heavy atom. The fraction of sp³-hybridized carbons (Fsp3) is 0.812. The number of hydrogen-bond donors (Lipinski definition) is 0. The van der Waals surface area contributed by atoms with Gasteiger partial charge in [-0.25, -0.2) is 9.13 Å². The van der Waals surface area contributed by atoms with Crippen LogP contribution in [0.2, 0.25) is 0 Å². The molecular formula is C16H31ClN2S. The van der Waals surface area contributed by atoms with Gasteiger partial charge in [-0.2, -0.15) is 0 Å². The van der Waals surface area contributed by atoms with Crippen molar-refractivity contribution in [1.82, 2.24) is 4.57 Å². The van der Waals surface area contributed by atoms with Crippen molar-refractivity contribution in [2.75, 3.05) is 5.75 Å². The Bertz CT molecular complexity index is 315. The molecule has 0 saturated carbocycles. The lowest BCUT2D eigenvalue weighted by Crippen LogP contribution is -3.00. The minimum absolute atomic E-state index is 0. The van der Waals surface area contributed by atoms with Gasteiger partial charge in [0.25, 0.3) is 0 Å². The summed E-state index contributed by atoms with van der Waals surface area (Å²) in [7, 11) is 0. The maximum absolute atomic E-state index is 2.33. The Hall–Kier alpha value is -0.150. The number of thioether (sulfide) groups is 1. The van der Waals surface area contributed by atoms with E-state index in [1.807, 2.05) is 11.8 Å². The van der Waals surface area contributed by atoms with E-state index in [0.717, 1.165) is 5.88 Å². The van der Waals surface area contributed by atoms with E-state index in [4.69, 9.17) is 0 Å². The highest BCUT2D eigenvalue weighted by molar-refractivity contribution is 7.98. The molecule has 0 amide bonds. The highest BCUT2D eigenvalue weighted by atomic mass is 35.5. The van der Waals surface area contributed by atoms with E-state index in [1.54, 1.807) is 0 Å². The number of halogens is 1. The second kappa shape index (κ2) is 13.8. The van der Waals surface area contributed by atoms with Crippen LogP contribution in [0.1, 0.15) is 65.2 Å². The number of rotatable bonds is 12. The first-order valence-electron chi connectivity index (χ1n) is 7.99. The van der Waals surface area contributed by atoms with Crippen molar-refractivity contribution in [3.8, 4) is 0 Å². The first-order valence-corrected chi connectivity index (χ1v) is 9.14. The predicted octanol–water partition coefficient (Wildman–Crippen LogP) is 1.63. The minimum Gasteiger partial charge on any atom is -1.00 e. The third-order valence-electron chi connectivity index (χ3n) is 3.40. The number of nitrogens with zero attached hydrogens (tertiary/aromatic N) is 2. The lowest BCUT2D eigenvalue weighted by molar-refractivity contribution is -0.675. The summed E-state index contributed by atoms with van der Waals surface area (Å²) in [6.45, 7) is 5.71. The van der Waals surface area contributed by atoms with E-state index in [1.165, 1.54) is 63.7 Å². The van der Waals surface area contributed by atoms with Crippen LogP contribution in [0.4, 0.5) is 0 Å². The van der Waals surface area contributed by atoms with Crippen LogP contribution in [0, 0.1) is 0 Å². The summed E-state index contributed by atoms with van der Waals surface area (Å²) >= 11 is 2.03. The molecule has 0 unspecified atom stereocenters. The zero-order valence-electron chi connectivity index (χ0n) is 13.2. The van der Waals surface area contributed by atoms with E-state index >= 15 is 0 Å². The molecule has 0 aliphatic rings. The van der Waals surface area contributed by atoms with E-state index in [2.05, 4.69) is 41.7 Å². The predicted molar refractivity (Wildman–Crippen MR) is 85.4 cm³/mol. The summed E-state index contributed by atoms with van der Waals surface area (Å²) in [6.07, 6.45) is 17.6. The molecule has 0 bridgehead atoms. The lowest BCUT2D eigenvalue weighted by atomic mass is 10.1. The van der Waals surface area contributed by atoms with Crippen LogP contribution in [0.5, 0.6) is 0 Å². The van der Waals surface area contributed by atoms with Crippen molar-refractivity contribution >= 4 is 11.8 Å². The molecule has 0 aliphatic heterocycles. The SMILES string of the molecule is CCCCCCCCn1cc[n+](CSCCCC)c1.[Cl-]. The van der Waals surface area contributed by atoms with Crippen LogP contribution in [-0.4, -0.2) is 10.3 Å². The average Bonchev–Trinajstić information content (AvgIpc) is 2.87. The molecule has 4 heteroatoms. The topological polar surface area (TPSA) is 8.81 Å². The Labute approximate surface area is 135 Å². The largest absolute Gasteiger partial charge is 1.00 e. The average molecular weight is 319 g/mol. The van der Waals surface area contributed by atoms with E-state index in [-0.39, 0.29) is 12.4 Å². The number of unbranched alkanes of at least 4 members (excludes halogenated alkanes) is 6. The van der Waals surface area contributed by atoms with Crippen LogP contribution < -0.4 is 17.0 Å². The Morgan fingerprint density at radius 1 is 0.950 bits per heavy atom. The quantitative estimate of drug-likeness (QED) is 0.420. The number of aryl methyl sites for hydroxylation is 1. The third kappa shape index (κ3) is 9.71. The van der Waals surface area contributed by atoms with Crippen LogP contribution in [-0.2, 0) is 12.4 Å². The first kappa shape index (κ1) is 19.9. The fourth-order valence-electron chi connectivity index (χ4n) is 2.14. The normalized spacial score (nSPS) is 10.5. The molecule has 118 valence electrons. The zero-order chi connectivity index (χ0) is 13.8. The van der Waals surface area contributed by atoms with Crippen molar-refractivity contribution in [2.24, 2.45) is 0 Å². The molecule has 0 fully saturated rings. The van der Waals surface area contributed by atoms with Crippen LogP contribution >= 0.6 is 11.8 Å². The number of imidazole rings is 1. The molecule has 0 aliphatic carbocycles.